The Morgan fingerprint density at radius 2 is 2.25 bits per heavy atom. The fraction of sp³-hybridized carbons (Fsp3) is 0.750. The summed E-state index contributed by atoms with van der Waals surface area (Å²) >= 11 is 1.94. The molecule has 1 N–H and O–H groups in total. The van der Waals surface area contributed by atoms with E-state index in [1.165, 1.54) is 15.3 Å². The molecule has 20 heavy (non-hydrogen) atoms. The third-order valence-electron chi connectivity index (χ3n) is 4.87. The summed E-state index contributed by atoms with van der Waals surface area (Å²) in [7, 11) is 2.09. The van der Waals surface area contributed by atoms with Crippen LogP contribution in [0.15, 0.2) is 6.07 Å². The first-order valence-corrected chi connectivity index (χ1v) is 8.41. The third kappa shape index (κ3) is 2.67. The van der Waals surface area contributed by atoms with Crippen LogP contribution in [0.25, 0.3) is 0 Å². The quantitative estimate of drug-likeness (QED) is 0.929. The lowest BCUT2D eigenvalue weighted by atomic mass is 9.80. The molecule has 2 saturated heterocycles. The number of ether oxygens (including phenoxy) is 2. The Kier molecular flexibility index (Phi) is 4.18. The van der Waals surface area contributed by atoms with Crippen molar-refractivity contribution in [3.63, 3.8) is 0 Å². The van der Waals surface area contributed by atoms with Gasteiger partial charge in [-0.2, -0.15) is 0 Å². The number of thiophene rings is 1. The number of aryl methyl sites for hydroxylation is 2. The van der Waals surface area contributed by atoms with E-state index in [1.807, 2.05) is 11.3 Å². The van der Waals surface area contributed by atoms with Gasteiger partial charge in [-0.05, 0) is 51.3 Å². The maximum Gasteiger partial charge on any atom is 0.0940 e. The number of hydrogen-bond donors (Lipinski definition) is 1. The summed E-state index contributed by atoms with van der Waals surface area (Å²) in [6.45, 7) is 6.93. The third-order valence-corrected chi connectivity index (χ3v) is 6.11. The Morgan fingerprint density at radius 3 is 2.85 bits per heavy atom. The van der Waals surface area contributed by atoms with Crippen molar-refractivity contribution in [1.82, 2.24) is 5.32 Å². The predicted molar refractivity (Wildman–Crippen MR) is 82.4 cm³/mol. The number of rotatable bonds is 3. The Hall–Kier alpha value is -0.420. The van der Waals surface area contributed by atoms with Crippen molar-refractivity contribution in [1.29, 1.82) is 0 Å². The zero-order valence-corrected chi connectivity index (χ0v) is 13.5. The zero-order valence-electron chi connectivity index (χ0n) is 12.7. The van der Waals surface area contributed by atoms with Gasteiger partial charge in [0.2, 0.25) is 0 Å². The molecule has 3 rings (SSSR count). The highest BCUT2D eigenvalue weighted by Gasteiger charge is 2.43. The molecule has 1 spiro atoms. The molecule has 0 bridgehead atoms. The van der Waals surface area contributed by atoms with E-state index in [1.54, 1.807) is 0 Å². The minimum atomic E-state index is -0.000629. The lowest BCUT2D eigenvalue weighted by molar-refractivity contribution is -0.103. The predicted octanol–water partition coefficient (Wildman–Crippen LogP) is 3.21. The maximum absolute atomic E-state index is 6.07. The van der Waals surface area contributed by atoms with Crippen LogP contribution < -0.4 is 5.32 Å². The van der Waals surface area contributed by atoms with Crippen LogP contribution in [0, 0.1) is 19.8 Å². The minimum absolute atomic E-state index is 0.000629. The average molecular weight is 295 g/mol. The van der Waals surface area contributed by atoms with E-state index >= 15 is 0 Å². The van der Waals surface area contributed by atoms with Gasteiger partial charge in [-0.1, -0.05) is 0 Å². The van der Waals surface area contributed by atoms with E-state index in [9.17, 15) is 0 Å². The molecule has 2 fully saturated rings. The first-order chi connectivity index (χ1) is 9.63. The lowest BCUT2D eigenvalue weighted by Crippen LogP contribution is -2.43. The minimum Gasteiger partial charge on any atom is -0.378 e. The summed E-state index contributed by atoms with van der Waals surface area (Å²) in [5.41, 5.74) is 1.41. The van der Waals surface area contributed by atoms with E-state index in [-0.39, 0.29) is 5.60 Å². The summed E-state index contributed by atoms with van der Waals surface area (Å²) in [6, 6.07) is 2.81. The molecule has 2 aliphatic heterocycles. The standard InChI is InChI=1S/C16H25NO2S/c1-11-8-14(20-12(11)2)15(17-3)13-4-6-19-16(9-13)5-7-18-10-16/h8,13,15,17H,4-7,9-10H2,1-3H3. The van der Waals surface area contributed by atoms with Crippen molar-refractivity contribution >= 4 is 11.3 Å². The van der Waals surface area contributed by atoms with Crippen LogP contribution in [-0.2, 0) is 9.47 Å². The lowest BCUT2D eigenvalue weighted by Gasteiger charge is -2.40. The van der Waals surface area contributed by atoms with Crippen molar-refractivity contribution in [2.24, 2.45) is 5.92 Å². The van der Waals surface area contributed by atoms with Gasteiger partial charge in [0.15, 0.2) is 0 Å². The molecule has 3 atom stereocenters. The molecule has 1 aromatic rings. The van der Waals surface area contributed by atoms with Gasteiger partial charge in [0.05, 0.1) is 12.2 Å². The largest absolute Gasteiger partial charge is 0.378 e. The number of nitrogens with one attached hydrogen (secondary N) is 1. The average Bonchev–Trinajstić information content (AvgIpc) is 2.99. The van der Waals surface area contributed by atoms with Crippen LogP contribution in [-0.4, -0.2) is 32.5 Å². The molecule has 0 radical (unpaired) electrons. The van der Waals surface area contributed by atoms with Gasteiger partial charge < -0.3 is 14.8 Å². The molecule has 2 aliphatic rings. The molecule has 3 unspecified atom stereocenters. The molecule has 4 heteroatoms. The van der Waals surface area contributed by atoms with Gasteiger partial charge in [-0.15, -0.1) is 11.3 Å². The van der Waals surface area contributed by atoms with E-state index in [0.717, 1.165) is 39.1 Å². The molecular formula is C16H25NO2S. The summed E-state index contributed by atoms with van der Waals surface area (Å²) in [5, 5.41) is 3.55. The molecule has 0 aromatic carbocycles. The fourth-order valence-corrected chi connectivity index (χ4v) is 4.83. The van der Waals surface area contributed by atoms with Crippen molar-refractivity contribution in [3.05, 3.63) is 21.4 Å². The van der Waals surface area contributed by atoms with Gasteiger partial charge in [0, 0.05) is 35.4 Å². The molecule has 0 aliphatic carbocycles. The van der Waals surface area contributed by atoms with Gasteiger partial charge in [-0.25, -0.2) is 0 Å². The topological polar surface area (TPSA) is 30.5 Å². The second-order valence-electron chi connectivity index (χ2n) is 6.24. The second kappa shape index (κ2) is 5.76. The van der Waals surface area contributed by atoms with Crippen LogP contribution in [0.4, 0.5) is 0 Å². The van der Waals surface area contributed by atoms with E-state index in [4.69, 9.17) is 9.47 Å². The highest BCUT2D eigenvalue weighted by atomic mass is 32.1. The van der Waals surface area contributed by atoms with Crippen LogP contribution in [0.1, 0.15) is 40.6 Å². The first-order valence-electron chi connectivity index (χ1n) is 7.59. The van der Waals surface area contributed by atoms with E-state index in [0.29, 0.717) is 12.0 Å². The van der Waals surface area contributed by atoms with Gasteiger partial charge in [-0.3, -0.25) is 0 Å². The van der Waals surface area contributed by atoms with Crippen LogP contribution in [0.2, 0.25) is 0 Å². The monoisotopic (exact) mass is 295 g/mol. The van der Waals surface area contributed by atoms with Crippen LogP contribution >= 0.6 is 11.3 Å². The van der Waals surface area contributed by atoms with Gasteiger partial charge in [0.1, 0.15) is 0 Å². The highest BCUT2D eigenvalue weighted by molar-refractivity contribution is 7.12. The molecule has 0 amide bonds. The van der Waals surface area contributed by atoms with E-state index in [2.05, 4.69) is 32.3 Å². The van der Waals surface area contributed by atoms with Gasteiger partial charge in [0.25, 0.3) is 0 Å². The molecule has 1 aromatic heterocycles. The molecule has 3 heterocycles. The van der Waals surface area contributed by atoms with Crippen molar-refractivity contribution in [2.75, 3.05) is 26.9 Å². The summed E-state index contributed by atoms with van der Waals surface area (Å²) in [5.74, 6) is 0.646. The summed E-state index contributed by atoms with van der Waals surface area (Å²) in [6.07, 6.45) is 3.32. The normalized spacial score (nSPS) is 31.9. The van der Waals surface area contributed by atoms with Crippen molar-refractivity contribution in [3.8, 4) is 0 Å². The van der Waals surface area contributed by atoms with Crippen LogP contribution in [0.3, 0.4) is 0 Å². The SMILES string of the molecule is CNC(c1cc(C)c(C)s1)C1CCOC2(CCOC2)C1. The number of hydrogen-bond acceptors (Lipinski definition) is 4. The van der Waals surface area contributed by atoms with Gasteiger partial charge >= 0.3 is 0 Å². The Morgan fingerprint density at radius 1 is 1.40 bits per heavy atom. The molecular weight excluding hydrogens is 270 g/mol. The fourth-order valence-electron chi connectivity index (χ4n) is 3.58. The molecule has 0 saturated carbocycles. The maximum atomic E-state index is 6.07. The Labute approximate surface area is 125 Å². The first kappa shape index (κ1) is 14.5. The Balaban J connectivity index is 1.78. The smallest absolute Gasteiger partial charge is 0.0940 e. The van der Waals surface area contributed by atoms with E-state index < -0.39 is 0 Å². The summed E-state index contributed by atoms with van der Waals surface area (Å²) in [4.78, 5) is 2.91. The zero-order chi connectivity index (χ0) is 14.2. The van der Waals surface area contributed by atoms with Crippen molar-refractivity contribution < 1.29 is 9.47 Å². The Bertz CT molecular complexity index is 446. The molecule has 3 nitrogen and oxygen atoms in total. The second-order valence-corrected chi connectivity index (χ2v) is 7.53. The highest BCUT2D eigenvalue weighted by Crippen LogP contribution is 2.42. The summed E-state index contributed by atoms with van der Waals surface area (Å²) < 4.78 is 11.7. The van der Waals surface area contributed by atoms with Crippen molar-refractivity contribution in [2.45, 2.75) is 44.8 Å². The molecule has 112 valence electrons. The van der Waals surface area contributed by atoms with Crippen LogP contribution in [0.5, 0.6) is 0 Å².